The van der Waals surface area contributed by atoms with Crippen molar-refractivity contribution in [2.75, 3.05) is 0 Å². The Morgan fingerprint density at radius 1 is 1.67 bits per heavy atom. The molecule has 15 heavy (non-hydrogen) atoms. The van der Waals surface area contributed by atoms with Crippen molar-refractivity contribution in [1.29, 1.82) is 0 Å². The Balaban J connectivity index is 2.50. The molecule has 4 nitrogen and oxygen atoms in total. The zero-order valence-electron chi connectivity index (χ0n) is 9.90. The number of H-pyrrole nitrogens is 1. The average molecular weight is 206 g/mol. The van der Waals surface area contributed by atoms with Gasteiger partial charge in [0, 0.05) is 24.9 Å². The third-order valence-electron chi connectivity index (χ3n) is 2.18. The molecule has 4 N–H and O–H groups in total. The Labute approximate surface area is 89.5 Å². The second kappa shape index (κ2) is 3.74. The minimum absolute atomic E-state index is 0.417. The van der Waals surface area contributed by atoms with Crippen molar-refractivity contribution >= 4 is 16.9 Å². The molecule has 0 amide bonds. The quantitative estimate of drug-likeness (QED) is 0.704. The normalized spacial score (nSPS) is 19.0. The van der Waals surface area contributed by atoms with E-state index in [1.54, 1.807) is 12.1 Å². The molecular formula is C11H12N2O2. The van der Waals surface area contributed by atoms with E-state index in [1.807, 2.05) is 12.1 Å². The first-order chi connectivity index (χ1) is 7.94. The lowest BCUT2D eigenvalue weighted by Gasteiger charge is -2.04. The minimum atomic E-state index is -2.36. The molecule has 1 aromatic carbocycles. The van der Waals surface area contributed by atoms with Crippen LogP contribution in [-0.2, 0) is 11.2 Å². The highest BCUT2D eigenvalue weighted by atomic mass is 16.4. The van der Waals surface area contributed by atoms with Gasteiger partial charge in [-0.25, -0.2) is 0 Å². The topological polar surface area (TPSA) is 79.1 Å². The van der Waals surface area contributed by atoms with Gasteiger partial charge in [0.2, 0.25) is 0 Å². The fraction of sp³-hybridized carbons (Fsp3) is 0.182. The lowest BCUT2D eigenvalue weighted by molar-refractivity contribution is -0.138. The molecule has 78 valence electrons. The van der Waals surface area contributed by atoms with E-state index in [1.165, 1.54) is 6.20 Å². The van der Waals surface area contributed by atoms with E-state index >= 15 is 0 Å². The van der Waals surface area contributed by atoms with E-state index < -0.39 is 18.4 Å². The molecule has 2 atom stereocenters. The van der Waals surface area contributed by atoms with Gasteiger partial charge in [0.25, 0.3) is 0 Å². The van der Waals surface area contributed by atoms with Gasteiger partial charge in [0.1, 0.15) is 6.02 Å². The molecule has 1 aromatic heterocycles. The SMILES string of the molecule is [2H][C@@H](c1c[nH]c2ccccc12)[C@]([2H])(N)C(=O)O. The van der Waals surface area contributed by atoms with E-state index in [0.29, 0.717) is 5.56 Å². The van der Waals surface area contributed by atoms with Gasteiger partial charge in [-0.15, -0.1) is 0 Å². The van der Waals surface area contributed by atoms with Crippen LogP contribution < -0.4 is 5.73 Å². The Morgan fingerprint density at radius 2 is 2.40 bits per heavy atom. The summed E-state index contributed by atoms with van der Waals surface area (Å²) in [4.78, 5) is 13.8. The number of carboxylic acids is 1. The summed E-state index contributed by atoms with van der Waals surface area (Å²) >= 11 is 0. The number of nitrogens with one attached hydrogen (secondary N) is 1. The predicted octanol–water partition coefficient (Wildman–Crippen LogP) is 1.12. The van der Waals surface area contributed by atoms with Crippen LogP contribution >= 0.6 is 0 Å². The molecule has 1 heterocycles. The molecule has 4 heteroatoms. The number of nitrogens with two attached hydrogens (primary N) is 1. The first kappa shape index (κ1) is 7.48. The minimum Gasteiger partial charge on any atom is -0.480 e. The number of carbonyl (C=O) groups is 1. The summed E-state index contributed by atoms with van der Waals surface area (Å²) < 4.78 is 15.3. The maximum Gasteiger partial charge on any atom is 0.320 e. The molecule has 0 aliphatic rings. The zero-order valence-corrected chi connectivity index (χ0v) is 7.90. The van der Waals surface area contributed by atoms with E-state index in [-0.39, 0.29) is 0 Å². The Bertz CT molecular complexity index is 565. The summed E-state index contributed by atoms with van der Waals surface area (Å²) in [6.07, 6.45) is 0.178. The van der Waals surface area contributed by atoms with Crippen LogP contribution in [0, 0.1) is 0 Å². The van der Waals surface area contributed by atoms with Crippen molar-refractivity contribution in [3.63, 3.8) is 0 Å². The van der Waals surface area contributed by atoms with Crippen molar-refractivity contribution < 1.29 is 12.6 Å². The van der Waals surface area contributed by atoms with Gasteiger partial charge in [-0.05, 0) is 11.6 Å². The van der Waals surface area contributed by atoms with E-state index in [2.05, 4.69) is 4.98 Å². The van der Waals surface area contributed by atoms with Crippen molar-refractivity contribution in [3.05, 3.63) is 36.0 Å². The second-order valence-corrected chi connectivity index (χ2v) is 3.19. The predicted molar refractivity (Wildman–Crippen MR) is 57.6 cm³/mol. The van der Waals surface area contributed by atoms with Gasteiger partial charge in [-0.2, -0.15) is 0 Å². The molecule has 0 spiro atoms. The van der Waals surface area contributed by atoms with Crippen LogP contribution in [0.4, 0.5) is 0 Å². The monoisotopic (exact) mass is 206 g/mol. The molecule has 0 unspecified atom stereocenters. The average Bonchev–Trinajstić information content (AvgIpc) is 2.71. The first-order valence-electron chi connectivity index (χ1n) is 5.53. The molecule has 0 radical (unpaired) electrons. The summed E-state index contributed by atoms with van der Waals surface area (Å²) in [5.74, 6) is -1.51. The number of hydrogen-bond acceptors (Lipinski definition) is 2. The Hall–Kier alpha value is -1.81. The number of aliphatic carboxylic acids is 1. The van der Waals surface area contributed by atoms with Crippen LogP contribution in [0.5, 0.6) is 0 Å². The third-order valence-corrected chi connectivity index (χ3v) is 2.18. The van der Waals surface area contributed by atoms with Crippen molar-refractivity contribution in [2.24, 2.45) is 5.73 Å². The maximum absolute atomic E-state index is 10.9. The number of aromatic amines is 1. The maximum atomic E-state index is 10.9. The van der Waals surface area contributed by atoms with Crippen LogP contribution in [-0.4, -0.2) is 22.1 Å². The number of aromatic nitrogens is 1. The molecule has 0 bridgehead atoms. The smallest absolute Gasteiger partial charge is 0.320 e. The highest BCUT2D eigenvalue weighted by Gasteiger charge is 2.14. The highest BCUT2D eigenvalue weighted by molar-refractivity contribution is 5.84. The van der Waals surface area contributed by atoms with E-state index in [9.17, 15) is 4.79 Å². The fourth-order valence-electron chi connectivity index (χ4n) is 1.44. The van der Waals surface area contributed by atoms with Crippen LogP contribution in [0.3, 0.4) is 0 Å². The largest absolute Gasteiger partial charge is 0.480 e. The summed E-state index contributed by atoms with van der Waals surface area (Å²) in [6.45, 7) is 0. The van der Waals surface area contributed by atoms with Crippen LogP contribution in [0.1, 0.15) is 8.30 Å². The molecule has 2 rings (SSSR count). The Morgan fingerprint density at radius 3 is 3.13 bits per heavy atom. The Kier molecular flexibility index (Phi) is 1.87. The molecule has 2 aromatic rings. The summed E-state index contributed by atoms with van der Waals surface area (Å²) in [7, 11) is 0. The third kappa shape index (κ3) is 1.85. The lowest BCUT2D eigenvalue weighted by atomic mass is 10.1. The van der Waals surface area contributed by atoms with Gasteiger partial charge in [0.15, 0.2) is 0 Å². The van der Waals surface area contributed by atoms with Crippen molar-refractivity contribution in [3.8, 4) is 0 Å². The summed E-state index contributed by atoms with van der Waals surface area (Å²) in [5.41, 5.74) is 6.56. The fourth-order valence-corrected chi connectivity index (χ4v) is 1.44. The standard InChI is InChI=1S/C11H12N2O2/c12-9(11(14)15)5-7-6-13-10-4-2-1-3-8(7)10/h1-4,6,9,13H,5,12H2,(H,14,15)/t9-/m0/s1/i5D,9D/t5-,9-. The highest BCUT2D eigenvalue weighted by Crippen LogP contribution is 2.18. The van der Waals surface area contributed by atoms with Crippen LogP contribution in [0.25, 0.3) is 10.9 Å². The van der Waals surface area contributed by atoms with Gasteiger partial charge < -0.3 is 15.8 Å². The molecule has 0 aliphatic heterocycles. The number of carboxylic acid groups (broad SMARTS) is 1. The molecule has 0 saturated heterocycles. The summed E-state index contributed by atoms with van der Waals surface area (Å²) in [6, 6.07) is 4.84. The molecule has 0 saturated carbocycles. The molecular weight excluding hydrogens is 192 g/mol. The van der Waals surface area contributed by atoms with Gasteiger partial charge in [-0.1, -0.05) is 18.2 Å². The number of hydrogen-bond donors (Lipinski definition) is 3. The number of rotatable bonds is 3. The second-order valence-electron chi connectivity index (χ2n) is 3.19. The van der Waals surface area contributed by atoms with Crippen molar-refractivity contribution in [1.82, 2.24) is 4.98 Å². The van der Waals surface area contributed by atoms with Crippen LogP contribution in [0.2, 0.25) is 0 Å². The number of benzene rings is 1. The lowest BCUT2D eigenvalue weighted by Crippen LogP contribution is -2.32. The zero-order chi connectivity index (χ0) is 12.6. The van der Waals surface area contributed by atoms with Gasteiger partial charge >= 0.3 is 5.97 Å². The summed E-state index contributed by atoms with van der Waals surface area (Å²) in [5, 5.41) is 9.56. The van der Waals surface area contributed by atoms with Gasteiger partial charge in [-0.3, -0.25) is 4.79 Å². The number of fused-ring (bicyclic) bond motifs is 1. The van der Waals surface area contributed by atoms with E-state index in [0.717, 1.165) is 10.9 Å². The molecule has 0 fully saturated rings. The number of para-hydroxylation sites is 1. The molecule has 0 aliphatic carbocycles. The first-order valence-corrected chi connectivity index (χ1v) is 4.45. The van der Waals surface area contributed by atoms with Crippen LogP contribution in [0.15, 0.2) is 30.5 Å². The van der Waals surface area contributed by atoms with Gasteiger partial charge in [0.05, 0.1) is 1.37 Å². The van der Waals surface area contributed by atoms with Crippen molar-refractivity contribution in [2.45, 2.75) is 12.4 Å². The van der Waals surface area contributed by atoms with E-state index in [4.69, 9.17) is 13.6 Å².